The molecule has 0 saturated carbocycles. The molecule has 0 aliphatic carbocycles. The average molecular weight is 1360 g/mol. The van der Waals surface area contributed by atoms with Crippen molar-refractivity contribution in [3.63, 3.8) is 0 Å². The van der Waals surface area contributed by atoms with Crippen LogP contribution in [0.2, 0.25) is 0 Å². The lowest BCUT2D eigenvalue weighted by atomic mass is 9.79. The zero-order valence-corrected chi connectivity index (χ0v) is 56.5. The summed E-state index contributed by atoms with van der Waals surface area (Å²) in [5.41, 5.74) is 19.3. The van der Waals surface area contributed by atoms with Gasteiger partial charge in [0.25, 0.3) is 40.5 Å². The van der Waals surface area contributed by atoms with Crippen molar-refractivity contribution in [2.75, 3.05) is 49.9 Å². The number of nitrogens with two attached hydrogens (primary N) is 3. The smallest absolute Gasteiger partial charge is 0.295 e. The summed E-state index contributed by atoms with van der Waals surface area (Å²) < 4.78 is 142. The van der Waals surface area contributed by atoms with Gasteiger partial charge in [-0.3, -0.25) is 37.4 Å². The number of rotatable bonds is 38. The van der Waals surface area contributed by atoms with Gasteiger partial charge in [0, 0.05) is 90.5 Å². The number of allylic oxidation sites excluding steroid dienone is 6. The number of Topliss-reactive ketones (excluding diaryl/α,β-unsaturated/α-hetero) is 2. The van der Waals surface area contributed by atoms with Gasteiger partial charge in [0.15, 0.2) is 11.5 Å². The maximum absolute atomic E-state index is 14.2. The first-order chi connectivity index (χ1) is 43.2. The van der Waals surface area contributed by atoms with E-state index in [-0.39, 0.29) is 65.4 Å². The Kier molecular flexibility index (Phi) is 26.3. The van der Waals surface area contributed by atoms with Gasteiger partial charge in [-0.15, -0.1) is 0 Å². The molecule has 12 N–H and O–H groups in total. The van der Waals surface area contributed by atoms with Gasteiger partial charge in [0.05, 0.1) is 27.0 Å². The first-order valence-corrected chi connectivity index (χ1v) is 37.4. The van der Waals surface area contributed by atoms with E-state index >= 15 is 0 Å². The maximum atomic E-state index is 14.2. The number of hydrogen-bond donors (Lipinski definition) is 9. The molecule has 27 heteroatoms. The van der Waals surface area contributed by atoms with Gasteiger partial charge in [-0.2, -0.15) is 38.2 Å². The highest BCUT2D eigenvalue weighted by molar-refractivity contribution is 7.87. The third-order valence-corrected chi connectivity index (χ3v) is 20.7. The van der Waals surface area contributed by atoms with Crippen LogP contribution in [-0.4, -0.2) is 137 Å². The van der Waals surface area contributed by atoms with E-state index in [9.17, 15) is 71.1 Å². The molecule has 0 spiro atoms. The highest BCUT2D eigenvalue weighted by atomic mass is 32.2. The van der Waals surface area contributed by atoms with Crippen LogP contribution < -0.4 is 32.7 Å². The third kappa shape index (κ3) is 19.3. The second kappa shape index (κ2) is 32.4. The van der Waals surface area contributed by atoms with Crippen molar-refractivity contribution in [2.45, 2.75) is 175 Å². The van der Waals surface area contributed by atoms with Crippen LogP contribution in [0.1, 0.15) is 155 Å². The van der Waals surface area contributed by atoms with Gasteiger partial charge in [-0.05, 0) is 168 Å². The molecule has 2 aliphatic rings. The van der Waals surface area contributed by atoms with E-state index in [1.54, 1.807) is 36.4 Å². The van der Waals surface area contributed by atoms with Gasteiger partial charge in [-0.25, -0.2) is 0 Å². The lowest BCUT2D eigenvalue weighted by Gasteiger charge is -2.27. The van der Waals surface area contributed by atoms with Crippen LogP contribution >= 0.6 is 0 Å². The Hall–Kier alpha value is -6.11. The monoisotopic (exact) mass is 1350 g/mol. The van der Waals surface area contributed by atoms with Crippen molar-refractivity contribution in [3.8, 4) is 0 Å². The number of fused-ring (bicyclic) bond motifs is 6. The molecular formula is C65H92N7O16S4+. The molecule has 0 aromatic heterocycles. The van der Waals surface area contributed by atoms with Crippen molar-refractivity contribution in [1.82, 2.24) is 10.6 Å². The Labute approximate surface area is 541 Å². The van der Waals surface area contributed by atoms with Gasteiger partial charge in [-0.1, -0.05) is 64.0 Å². The summed E-state index contributed by atoms with van der Waals surface area (Å²) in [5, 5.41) is 7.25. The number of carbonyl (C=O) groups excluding carboxylic acids is 4. The number of ketones is 2. The van der Waals surface area contributed by atoms with Crippen molar-refractivity contribution in [2.24, 2.45) is 29.0 Å². The van der Waals surface area contributed by atoms with Gasteiger partial charge >= 0.3 is 0 Å². The molecule has 2 heterocycles. The summed E-state index contributed by atoms with van der Waals surface area (Å²) in [6.45, 7) is 11.7. The van der Waals surface area contributed by atoms with Gasteiger partial charge < -0.3 is 32.7 Å². The average Bonchev–Trinajstić information content (AvgIpc) is 1.54. The molecule has 3 unspecified atom stereocenters. The van der Waals surface area contributed by atoms with Crippen LogP contribution in [0, 0.1) is 11.8 Å². The first kappa shape index (κ1) is 74.9. The van der Waals surface area contributed by atoms with Crippen molar-refractivity contribution < 1.29 is 75.6 Å². The molecule has 0 fully saturated rings. The van der Waals surface area contributed by atoms with E-state index in [1.165, 1.54) is 24.3 Å². The summed E-state index contributed by atoms with van der Waals surface area (Å²) >= 11 is 0. The molecule has 92 heavy (non-hydrogen) atoms. The molecule has 23 nitrogen and oxygen atoms in total. The van der Waals surface area contributed by atoms with E-state index < -0.39 is 90.6 Å². The number of unbranched alkanes of at least 4 members (excludes halogenated alkanes) is 5. The Balaban J connectivity index is 1.29. The van der Waals surface area contributed by atoms with Crippen LogP contribution in [-0.2, 0) is 70.5 Å². The fourth-order valence-corrected chi connectivity index (χ4v) is 15.1. The predicted molar refractivity (Wildman–Crippen MR) is 357 cm³/mol. The highest BCUT2D eigenvalue weighted by Crippen LogP contribution is 2.51. The number of nitrogens with one attached hydrogen (secondary N) is 2. The number of anilines is 1. The largest absolute Gasteiger partial charge is 0.356 e. The molecule has 4 aromatic carbocycles. The van der Waals surface area contributed by atoms with E-state index in [0.29, 0.717) is 161 Å². The van der Waals surface area contributed by atoms with Gasteiger partial charge in [0.2, 0.25) is 17.5 Å². The molecular weight excluding hydrogens is 1260 g/mol. The SMILES string of the molecule is CCCNC(=O)C(CCCCN)CC(=O)C(CCCCN)NC(=O)C(CCCCN)CC(=O)CCCCC[N+]1=C(C=CC=CC=C2N(CCCS(=O)(=O)O)c3ccc4ccc(S(=O)(=O)O)cc4c3C2(C)C)C(C)(C)c2c1ccc1c(S(=O)(=O)O)cc(S(=O)(=O)O)cc21. The Morgan fingerprint density at radius 1 is 0.620 bits per heavy atom. The summed E-state index contributed by atoms with van der Waals surface area (Å²) in [4.78, 5) is 55.4. The van der Waals surface area contributed by atoms with Crippen molar-refractivity contribution in [1.29, 1.82) is 0 Å². The van der Waals surface area contributed by atoms with Crippen LogP contribution in [0.5, 0.6) is 0 Å². The minimum atomic E-state index is -5.04. The Bertz CT molecular complexity index is 3970. The van der Waals surface area contributed by atoms with Gasteiger partial charge in [0.1, 0.15) is 17.2 Å². The molecule has 3 atom stereocenters. The number of carbonyl (C=O) groups is 4. The minimum absolute atomic E-state index is 0.00325. The first-order valence-electron chi connectivity index (χ1n) is 31.5. The fourth-order valence-electron chi connectivity index (χ4n) is 12.7. The van der Waals surface area contributed by atoms with E-state index in [2.05, 4.69) is 10.6 Å². The Morgan fingerprint density at radius 2 is 1.24 bits per heavy atom. The van der Waals surface area contributed by atoms with Crippen LogP contribution in [0.25, 0.3) is 21.5 Å². The molecule has 6 rings (SSSR count). The van der Waals surface area contributed by atoms with Crippen LogP contribution in [0.15, 0.2) is 105 Å². The number of benzene rings is 4. The molecule has 0 bridgehead atoms. The molecule has 2 amide bonds. The fraction of sp³-hybridized carbons (Fsp3) is 0.523. The molecule has 506 valence electrons. The second-order valence-electron chi connectivity index (χ2n) is 24.9. The lowest BCUT2D eigenvalue weighted by Crippen LogP contribution is -2.45. The summed E-state index contributed by atoms with van der Waals surface area (Å²) in [5.74, 6) is -2.93. The zero-order chi connectivity index (χ0) is 68.0. The van der Waals surface area contributed by atoms with Crippen molar-refractivity contribution in [3.05, 3.63) is 102 Å². The predicted octanol–water partition coefficient (Wildman–Crippen LogP) is 8.29. The highest BCUT2D eigenvalue weighted by Gasteiger charge is 2.47. The zero-order valence-electron chi connectivity index (χ0n) is 53.2. The number of nitrogens with zero attached hydrogens (tertiary/aromatic N) is 2. The van der Waals surface area contributed by atoms with E-state index in [4.69, 9.17) is 17.2 Å². The number of amides is 2. The number of hydrogen-bond acceptors (Lipinski definition) is 16. The normalized spacial score (nSPS) is 16.4. The molecule has 2 aliphatic heterocycles. The standard InChI is InChI=1S/C65H91N7O16S4/c1-6-35-69-62(75)46(21-13-16-33-67)40-56(74)53(23-14-17-34-68)70-63(76)45(20-12-15-32-66)39-47(73)22-9-8-18-36-71-55-31-29-50-52(42-49(91(83,84)85)43-57(50)92(86,87)88)61(55)65(4,5)59(71)25-11-7-10-24-58-64(2,3)60-51-41-48(90(80,81)82)28-26-44(51)27-30-54(60)72(58)37-19-38-89(77,78)79/h7,10-11,24-31,41-43,45-46,53H,6,8-9,12-23,32-40,66-68H2,1-5H3,(H5-,69,70,75,76,77,78,79,80,81,82,83,84,85,86,87,88)/p+1. The van der Waals surface area contributed by atoms with Crippen LogP contribution in [0.3, 0.4) is 0 Å². The second-order valence-corrected chi connectivity index (χ2v) is 30.7. The van der Waals surface area contributed by atoms with E-state index in [0.717, 1.165) is 6.42 Å². The van der Waals surface area contributed by atoms with E-state index in [1.807, 2.05) is 62.3 Å². The molecule has 4 aromatic rings. The third-order valence-electron chi connectivity index (χ3n) is 17.3. The summed E-state index contributed by atoms with van der Waals surface area (Å²) in [7, 11) is -19.0. The molecule has 0 saturated heterocycles. The topological polar surface area (TPSA) is 394 Å². The lowest BCUT2D eigenvalue weighted by molar-refractivity contribution is -0.438. The Morgan fingerprint density at radius 3 is 1.85 bits per heavy atom. The summed E-state index contributed by atoms with van der Waals surface area (Å²) in [6.07, 6.45) is 16.0. The maximum Gasteiger partial charge on any atom is 0.295 e. The summed E-state index contributed by atoms with van der Waals surface area (Å²) in [6, 6.07) is 12.0. The minimum Gasteiger partial charge on any atom is -0.356 e. The van der Waals surface area contributed by atoms with Crippen LogP contribution in [0.4, 0.5) is 11.4 Å². The molecule has 0 radical (unpaired) electrons. The quantitative estimate of drug-likeness (QED) is 0.00881. The van der Waals surface area contributed by atoms with Crippen molar-refractivity contribution >= 4 is 102 Å².